The molecule has 0 bridgehead atoms. The van der Waals surface area contributed by atoms with Crippen molar-refractivity contribution in [2.24, 2.45) is 5.92 Å². The molecule has 3 fully saturated rings. The molecule has 1 saturated heterocycles. The fourth-order valence-corrected chi connectivity index (χ4v) is 4.40. The minimum absolute atomic E-state index is 0.0565. The summed E-state index contributed by atoms with van der Waals surface area (Å²) in [5, 5.41) is 5.97. The topological polar surface area (TPSA) is 78.5 Å². The van der Waals surface area contributed by atoms with Crippen molar-refractivity contribution < 1.29 is 14.4 Å². The molecule has 0 aromatic heterocycles. The van der Waals surface area contributed by atoms with Crippen LogP contribution < -0.4 is 10.6 Å². The SMILES string of the molecule is C[C@@H]1CCCC[C@@H]1NC(=O)CCN1C(=O)NC2(CCCCC2)C1=O. The average Bonchev–Trinajstić information content (AvgIpc) is 2.79. The Labute approximate surface area is 143 Å². The van der Waals surface area contributed by atoms with Crippen LogP contribution in [-0.2, 0) is 9.59 Å². The second-order valence-electron chi connectivity index (χ2n) is 7.72. The molecule has 2 aliphatic carbocycles. The van der Waals surface area contributed by atoms with Crippen LogP contribution in [0.25, 0.3) is 0 Å². The van der Waals surface area contributed by atoms with E-state index in [2.05, 4.69) is 17.6 Å². The molecule has 2 N–H and O–H groups in total. The summed E-state index contributed by atoms with van der Waals surface area (Å²) >= 11 is 0. The number of imide groups is 1. The summed E-state index contributed by atoms with van der Waals surface area (Å²) in [6, 6.07) is -0.0974. The van der Waals surface area contributed by atoms with Gasteiger partial charge in [0.05, 0.1) is 0 Å². The summed E-state index contributed by atoms with van der Waals surface area (Å²) < 4.78 is 0. The maximum absolute atomic E-state index is 12.7. The summed E-state index contributed by atoms with van der Waals surface area (Å²) in [4.78, 5) is 38.3. The Balaban J connectivity index is 1.51. The van der Waals surface area contributed by atoms with Crippen LogP contribution in [0.5, 0.6) is 0 Å². The third-order valence-electron chi connectivity index (χ3n) is 5.97. The maximum Gasteiger partial charge on any atom is 0.325 e. The van der Waals surface area contributed by atoms with Gasteiger partial charge in [0, 0.05) is 19.0 Å². The van der Waals surface area contributed by atoms with Crippen molar-refractivity contribution in [1.29, 1.82) is 0 Å². The molecule has 24 heavy (non-hydrogen) atoms. The summed E-state index contributed by atoms with van der Waals surface area (Å²) in [6.07, 6.45) is 9.27. The number of carbonyl (C=O) groups is 3. The van der Waals surface area contributed by atoms with E-state index in [-0.39, 0.29) is 36.9 Å². The molecule has 0 aromatic rings. The van der Waals surface area contributed by atoms with Gasteiger partial charge in [-0.05, 0) is 31.6 Å². The van der Waals surface area contributed by atoms with E-state index in [9.17, 15) is 14.4 Å². The van der Waals surface area contributed by atoms with Crippen LogP contribution in [0.1, 0.15) is 71.1 Å². The summed E-state index contributed by atoms with van der Waals surface area (Å²) in [5.74, 6) is 0.315. The maximum atomic E-state index is 12.7. The summed E-state index contributed by atoms with van der Waals surface area (Å²) in [7, 11) is 0. The number of amides is 4. The fourth-order valence-electron chi connectivity index (χ4n) is 4.40. The number of rotatable bonds is 4. The van der Waals surface area contributed by atoms with Gasteiger partial charge in [0.1, 0.15) is 5.54 Å². The lowest BCUT2D eigenvalue weighted by atomic mass is 9.82. The molecule has 2 atom stereocenters. The largest absolute Gasteiger partial charge is 0.353 e. The molecular weight excluding hydrogens is 306 g/mol. The van der Waals surface area contributed by atoms with Gasteiger partial charge in [0.25, 0.3) is 5.91 Å². The minimum atomic E-state index is -0.691. The second kappa shape index (κ2) is 7.11. The molecule has 6 heteroatoms. The van der Waals surface area contributed by atoms with Gasteiger partial charge in [0.2, 0.25) is 5.91 Å². The normalized spacial score (nSPS) is 29.6. The first-order valence-electron chi connectivity index (χ1n) is 9.45. The van der Waals surface area contributed by atoms with Crippen molar-refractivity contribution in [2.75, 3.05) is 6.54 Å². The van der Waals surface area contributed by atoms with E-state index in [1.807, 2.05) is 0 Å². The highest BCUT2D eigenvalue weighted by atomic mass is 16.2. The van der Waals surface area contributed by atoms with Gasteiger partial charge < -0.3 is 10.6 Å². The first-order chi connectivity index (χ1) is 11.5. The lowest BCUT2D eigenvalue weighted by Gasteiger charge is -2.30. The smallest absolute Gasteiger partial charge is 0.325 e. The standard InChI is InChI=1S/C18H29N3O3/c1-13-7-3-4-8-14(13)19-15(22)9-12-21-16(23)18(20-17(21)24)10-5-2-6-11-18/h13-14H,2-12H2,1H3,(H,19,22)(H,20,24)/t13-,14+/m1/s1. The van der Waals surface area contributed by atoms with Crippen LogP contribution in [-0.4, -0.2) is 40.9 Å². The highest BCUT2D eigenvalue weighted by molar-refractivity contribution is 6.07. The van der Waals surface area contributed by atoms with Gasteiger partial charge in [-0.2, -0.15) is 0 Å². The van der Waals surface area contributed by atoms with Crippen LogP contribution >= 0.6 is 0 Å². The molecule has 3 rings (SSSR count). The molecule has 0 unspecified atom stereocenters. The van der Waals surface area contributed by atoms with Gasteiger partial charge in [-0.1, -0.05) is 39.0 Å². The zero-order chi connectivity index (χ0) is 17.2. The first kappa shape index (κ1) is 17.2. The number of urea groups is 1. The molecule has 1 spiro atoms. The van der Waals surface area contributed by atoms with Crippen LogP contribution in [0, 0.1) is 5.92 Å². The molecule has 1 aliphatic heterocycles. The lowest BCUT2D eigenvalue weighted by Crippen LogP contribution is -2.48. The Kier molecular flexibility index (Phi) is 5.11. The van der Waals surface area contributed by atoms with Gasteiger partial charge in [-0.25, -0.2) is 4.79 Å². The third-order valence-corrected chi connectivity index (χ3v) is 5.97. The number of hydrogen-bond donors (Lipinski definition) is 2. The number of hydrogen-bond acceptors (Lipinski definition) is 3. The Hall–Kier alpha value is -1.59. The van der Waals surface area contributed by atoms with E-state index < -0.39 is 5.54 Å². The van der Waals surface area contributed by atoms with Gasteiger partial charge >= 0.3 is 6.03 Å². The molecule has 4 amide bonds. The zero-order valence-electron chi connectivity index (χ0n) is 14.6. The Morgan fingerprint density at radius 3 is 2.58 bits per heavy atom. The fraction of sp³-hybridized carbons (Fsp3) is 0.833. The first-order valence-corrected chi connectivity index (χ1v) is 9.45. The molecule has 134 valence electrons. The van der Waals surface area contributed by atoms with Crippen molar-refractivity contribution in [3.8, 4) is 0 Å². The van der Waals surface area contributed by atoms with E-state index >= 15 is 0 Å². The molecule has 2 saturated carbocycles. The molecule has 0 radical (unpaired) electrons. The minimum Gasteiger partial charge on any atom is -0.353 e. The van der Waals surface area contributed by atoms with Crippen molar-refractivity contribution in [2.45, 2.75) is 82.7 Å². The molecule has 6 nitrogen and oxygen atoms in total. The van der Waals surface area contributed by atoms with Crippen LogP contribution in [0.3, 0.4) is 0 Å². The summed E-state index contributed by atoms with van der Waals surface area (Å²) in [5.41, 5.74) is -0.691. The Morgan fingerprint density at radius 1 is 1.17 bits per heavy atom. The second-order valence-corrected chi connectivity index (χ2v) is 7.72. The van der Waals surface area contributed by atoms with E-state index in [1.54, 1.807) is 0 Å². The van der Waals surface area contributed by atoms with Crippen molar-refractivity contribution in [3.05, 3.63) is 0 Å². The number of nitrogens with zero attached hydrogens (tertiary/aromatic N) is 1. The lowest BCUT2D eigenvalue weighted by molar-refractivity contribution is -0.132. The molecule has 1 heterocycles. The van der Waals surface area contributed by atoms with Crippen molar-refractivity contribution >= 4 is 17.8 Å². The molecule has 0 aromatic carbocycles. The highest BCUT2D eigenvalue weighted by Crippen LogP contribution is 2.33. The van der Waals surface area contributed by atoms with Crippen LogP contribution in [0.4, 0.5) is 4.79 Å². The van der Waals surface area contributed by atoms with Crippen LogP contribution in [0.15, 0.2) is 0 Å². The quantitative estimate of drug-likeness (QED) is 0.774. The highest BCUT2D eigenvalue weighted by Gasteiger charge is 2.51. The van der Waals surface area contributed by atoms with Gasteiger partial charge in [0.15, 0.2) is 0 Å². The zero-order valence-corrected chi connectivity index (χ0v) is 14.6. The Bertz CT molecular complexity index is 514. The predicted molar refractivity (Wildman–Crippen MR) is 90.2 cm³/mol. The van der Waals surface area contributed by atoms with Crippen LogP contribution in [0.2, 0.25) is 0 Å². The van der Waals surface area contributed by atoms with E-state index in [1.165, 1.54) is 11.3 Å². The van der Waals surface area contributed by atoms with E-state index in [4.69, 9.17) is 0 Å². The van der Waals surface area contributed by atoms with E-state index in [0.29, 0.717) is 5.92 Å². The van der Waals surface area contributed by atoms with Crippen molar-refractivity contribution in [1.82, 2.24) is 15.5 Å². The summed E-state index contributed by atoms with van der Waals surface area (Å²) in [6.45, 7) is 2.35. The average molecular weight is 335 g/mol. The number of nitrogens with one attached hydrogen (secondary N) is 2. The van der Waals surface area contributed by atoms with Gasteiger partial charge in [-0.3, -0.25) is 14.5 Å². The van der Waals surface area contributed by atoms with Crippen molar-refractivity contribution in [3.63, 3.8) is 0 Å². The monoisotopic (exact) mass is 335 g/mol. The Morgan fingerprint density at radius 2 is 1.88 bits per heavy atom. The van der Waals surface area contributed by atoms with Gasteiger partial charge in [-0.15, -0.1) is 0 Å². The van der Waals surface area contributed by atoms with E-state index in [0.717, 1.165) is 51.4 Å². The number of carbonyl (C=O) groups excluding carboxylic acids is 3. The molecule has 3 aliphatic rings. The third kappa shape index (κ3) is 3.42. The molecular formula is C18H29N3O3. The predicted octanol–water partition coefficient (Wildman–Crippen LogP) is 2.33.